The predicted molar refractivity (Wildman–Crippen MR) is 132 cm³/mol. The molecule has 2 fully saturated rings. The summed E-state index contributed by atoms with van der Waals surface area (Å²) >= 11 is 0. The van der Waals surface area contributed by atoms with Gasteiger partial charge in [-0.2, -0.15) is 0 Å². The molecule has 36 heavy (non-hydrogen) atoms. The number of amides is 3. The van der Waals surface area contributed by atoms with Gasteiger partial charge in [-0.05, 0) is 18.2 Å². The lowest BCUT2D eigenvalue weighted by atomic mass is 10.1. The van der Waals surface area contributed by atoms with Gasteiger partial charge in [0.1, 0.15) is 17.5 Å². The number of piperazine rings is 2. The van der Waals surface area contributed by atoms with Crippen LogP contribution in [0.4, 0.5) is 11.6 Å². The van der Waals surface area contributed by atoms with Crippen molar-refractivity contribution in [3.8, 4) is 11.5 Å². The molecule has 12 heteroatoms. The second kappa shape index (κ2) is 11.7. The van der Waals surface area contributed by atoms with Crippen molar-refractivity contribution in [3.63, 3.8) is 0 Å². The van der Waals surface area contributed by atoms with Crippen LogP contribution in [0.3, 0.4) is 0 Å². The van der Waals surface area contributed by atoms with Crippen LogP contribution < -0.4 is 25.0 Å². The molecule has 0 saturated carbocycles. The van der Waals surface area contributed by atoms with Crippen molar-refractivity contribution in [2.75, 3.05) is 70.2 Å². The maximum absolute atomic E-state index is 13.2. The molecular weight excluding hydrogens is 466 g/mol. The SMILES string of the molecule is COc1ccc(OC)c(NC(=O)CC2C(=O)NCCN2C(=O)CN2CCN(c3ncccn3)CC2)c1. The first-order chi connectivity index (χ1) is 17.5. The van der Waals surface area contributed by atoms with Gasteiger partial charge in [-0.15, -0.1) is 0 Å². The number of benzene rings is 1. The molecule has 0 bridgehead atoms. The second-order valence-corrected chi connectivity index (χ2v) is 8.52. The minimum Gasteiger partial charge on any atom is -0.497 e. The smallest absolute Gasteiger partial charge is 0.243 e. The van der Waals surface area contributed by atoms with Crippen molar-refractivity contribution in [2.24, 2.45) is 0 Å². The molecular formula is C24H31N7O5. The molecule has 2 aliphatic heterocycles. The van der Waals surface area contributed by atoms with E-state index in [9.17, 15) is 14.4 Å². The molecule has 3 amide bonds. The van der Waals surface area contributed by atoms with Crippen LogP contribution in [-0.4, -0.2) is 104 Å². The Morgan fingerprint density at radius 2 is 1.83 bits per heavy atom. The summed E-state index contributed by atoms with van der Waals surface area (Å²) in [6.07, 6.45) is 3.25. The number of hydrogen-bond donors (Lipinski definition) is 2. The van der Waals surface area contributed by atoms with E-state index in [0.717, 1.165) is 0 Å². The Labute approximate surface area is 209 Å². The number of ether oxygens (including phenoxy) is 2. The number of rotatable bonds is 8. The summed E-state index contributed by atoms with van der Waals surface area (Å²) in [6, 6.07) is 5.93. The largest absolute Gasteiger partial charge is 0.497 e. The monoisotopic (exact) mass is 497 g/mol. The molecule has 3 heterocycles. The van der Waals surface area contributed by atoms with Gasteiger partial charge >= 0.3 is 0 Å². The van der Waals surface area contributed by atoms with Crippen molar-refractivity contribution < 1.29 is 23.9 Å². The van der Waals surface area contributed by atoms with Crippen LogP contribution in [0.25, 0.3) is 0 Å². The van der Waals surface area contributed by atoms with Gasteiger partial charge in [0, 0.05) is 57.7 Å². The normalized spacial score (nSPS) is 18.4. The number of hydrogen-bond acceptors (Lipinski definition) is 9. The Hall–Kier alpha value is -3.93. The van der Waals surface area contributed by atoms with Crippen LogP contribution in [0.2, 0.25) is 0 Å². The number of nitrogens with one attached hydrogen (secondary N) is 2. The molecule has 1 aromatic heterocycles. The van der Waals surface area contributed by atoms with Crippen LogP contribution in [-0.2, 0) is 14.4 Å². The maximum Gasteiger partial charge on any atom is 0.243 e. The molecule has 0 aliphatic carbocycles. The lowest BCUT2D eigenvalue weighted by Crippen LogP contribution is -2.60. The first-order valence-corrected chi connectivity index (χ1v) is 11.8. The quantitative estimate of drug-likeness (QED) is 0.517. The fraction of sp³-hybridized carbons (Fsp3) is 0.458. The molecule has 192 valence electrons. The zero-order valence-electron chi connectivity index (χ0n) is 20.5. The highest BCUT2D eigenvalue weighted by atomic mass is 16.5. The van der Waals surface area contributed by atoms with Gasteiger partial charge in [0.15, 0.2) is 0 Å². The minimum absolute atomic E-state index is 0.170. The number of carbonyl (C=O) groups is 3. The lowest BCUT2D eigenvalue weighted by Gasteiger charge is -2.38. The number of anilines is 2. The van der Waals surface area contributed by atoms with E-state index in [1.807, 2.05) is 4.90 Å². The summed E-state index contributed by atoms with van der Waals surface area (Å²) in [5, 5.41) is 5.54. The Bertz CT molecular complexity index is 1080. The van der Waals surface area contributed by atoms with Crippen molar-refractivity contribution in [1.29, 1.82) is 0 Å². The zero-order valence-corrected chi connectivity index (χ0v) is 20.5. The molecule has 0 spiro atoms. The Kier molecular flexibility index (Phi) is 8.16. The van der Waals surface area contributed by atoms with E-state index >= 15 is 0 Å². The first-order valence-electron chi connectivity index (χ1n) is 11.8. The molecule has 2 N–H and O–H groups in total. The highest BCUT2D eigenvalue weighted by molar-refractivity contribution is 5.98. The van der Waals surface area contributed by atoms with Gasteiger partial charge in [0.2, 0.25) is 23.7 Å². The molecule has 12 nitrogen and oxygen atoms in total. The van der Waals surface area contributed by atoms with E-state index in [1.165, 1.54) is 19.1 Å². The molecule has 2 aromatic rings. The van der Waals surface area contributed by atoms with Gasteiger partial charge in [0.25, 0.3) is 0 Å². The standard InChI is InChI=1S/C24H31N7O5/c1-35-17-4-5-20(36-2)18(14-17)28-21(32)15-19-23(34)25-8-9-31(19)22(33)16-29-10-12-30(13-11-29)24-26-6-3-7-27-24/h3-7,14,19H,8-13,15-16H2,1-2H3,(H,25,34)(H,28,32). The molecule has 1 aromatic carbocycles. The van der Waals surface area contributed by atoms with Crippen molar-refractivity contribution in [3.05, 3.63) is 36.7 Å². The highest BCUT2D eigenvalue weighted by Gasteiger charge is 2.35. The molecule has 1 atom stereocenters. The first kappa shape index (κ1) is 25.2. The topological polar surface area (TPSA) is 129 Å². The third kappa shape index (κ3) is 6.00. The van der Waals surface area contributed by atoms with Crippen LogP contribution in [0, 0.1) is 0 Å². The highest BCUT2D eigenvalue weighted by Crippen LogP contribution is 2.29. The van der Waals surface area contributed by atoms with Gasteiger partial charge in [-0.25, -0.2) is 9.97 Å². The van der Waals surface area contributed by atoms with E-state index in [4.69, 9.17) is 9.47 Å². The third-order valence-electron chi connectivity index (χ3n) is 6.28. The molecule has 1 unspecified atom stereocenters. The van der Waals surface area contributed by atoms with Crippen molar-refractivity contribution in [1.82, 2.24) is 25.1 Å². The fourth-order valence-electron chi connectivity index (χ4n) is 4.35. The Morgan fingerprint density at radius 3 is 2.53 bits per heavy atom. The average molecular weight is 498 g/mol. The van der Waals surface area contributed by atoms with E-state index in [2.05, 4.69) is 25.5 Å². The summed E-state index contributed by atoms with van der Waals surface area (Å²) in [6.45, 7) is 3.63. The van der Waals surface area contributed by atoms with Crippen LogP contribution in [0.1, 0.15) is 6.42 Å². The van der Waals surface area contributed by atoms with Gasteiger partial charge in [0.05, 0.1) is 32.9 Å². The third-order valence-corrected chi connectivity index (χ3v) is 6.28. The number of carbonyl (C=O) groups excluding carboxylic acids is 3. The summed E-state index contributed by atoms with van der Waals surface area (Å²) in [4.78, 5) is 52.9. The zero-order chi connectivity index (χ0) is 25.5. The predicted octanol–water partition coefficient (Wildman–Crippen LogP) is -0.0284. The van der Waals surface area contributed by atoms with Crippen LogP contribution in [0.15, 0.2) is 36.7 Å². The molecule has 2 saturated heterocycles. The van der Waals surface area contributed by atoms with Gasteiger partial charge in [-0.1, -0.05) is 0 Å². The summed E-state index contributed by atoms with van der Waals surface area (Å²) in [5.41, 5.74) is 0.427. The van der Waals surface area contributed by atoms with Gasteiger partial charge < -0.3 is 29.9 Å². The maximum atomic E-state index is 13.2. The summed E-state index contributed by atoms with van der Waals surface area (Å²) in [5.74, 6) is 0.773. The van der Waals surface area contributed by atoms with Crippen LogP contribution in [0.5, 0.6) is 11.5 Å². The number of nitrogens with zero attached hydrogens (tertiary/aromatic N) is 5. The molecule has 4 rings (SSSR count). The Balaban J connectivity index is 1.35. The summed E-state index contributed by atoms with van der Waals surface area (Å²) < 4.78 is 10.5. The summed E-state index contributed by atoms with van der Waals surface area (Å²) in [7, 11) is 3.03. The van der Waals surface area contributed by atoms with E-state index < -0.39 is 11.9 Å². The lowest BCUT2D eigenvalue weighted by molar-refractivity contribution is -0.145. The van der Waals surface area contributed by atoms with Crippen LogP contribution >= 0.6 is 0 Å². The Morgan fingerprint density at radius 1 is 1.08 bits per heavy atom. The van der Waals surface area contributed by atoms with Crippen molar-refractivity contribution in [2.45, 2.75) is 12.5 Å². The number of methoxy groups -OCH3 is 2. The van der Waals surface area contributed by atoms with Crippen molar-refractivity contribution >= 4 is 29.4 Å². The number of aromatic nitrogens is 2. The van der Waals surface area contributed by atoms with E-state index in [-0.39, 0.29) is 24.8 Å². The molecule has 2 aliphatic rings. The average Bonchev–Trinajstić information content (AvgIpc) is 2.90. The molecule has 0 radical (unpaired) electrons. The minimum atomic E-state index is -0.887. The van der Waals surface area contributed by atoms with E-state index in [0.29, 0.717) is 62.4 Å². The second-order valence-electron chi connectivity index (χ2n) is 8.52. The van der Waals surface area contributed by atoms with Gasteiger partial charge in [-0.3, -0.25) is 19.3 Å². The fourth-order valence-corrected chi connectivity index (χ4v) is 4.35. The van der Waals surface area contributed by atoms with E-state index in [1.54, 1.807) is 36.7 Å².